The quantitative estimate of drug-likeness (QED) is 0.449. The van der Waals surface area contributed by atoms with Crippen molar-refractivity contribution in [2.24, 2.45) is 4.99 Å². The predicted octanol–water partition coefficient (Wildman–Crippen LogP) is 1.61. The fourth-order valence-electron chi connectivity index (χ4n) is 1.80. The SMILES string of the molecule is CN=CNC.Cc1cc2[nH]cnc2c2[nH]cnc12. The Bertz CT molecular complexity index is 663. The fraction of sp³-hybridized carbons (Fsp3) is 0.250. The van der Waals surface area contributed by atoms with Gasteiger partial charge in [0.25, 0.3) is 0 Å². The van der Waals surface area contributed by atoms with E-state index in [0.717, 1.165) is 27.6 Å². The van der Waals surface area contributed by atoms with Crippen LogP contribution >= 0.6 is 0 Å². The molecule has 3 aromatic rings. The molecule has 0 radical (unpaired) electrons. The molecule has 2 aromatic heterocycles. The second-order valence-electron chi connectivity index (χ2n) is 3.79. The minimum absolute atomic E-state index is 0.957. The second kappa shape index (κ2) is 5.31. The monoisotopic (exact) mass is 244 g/mol. The number of aromatic nitrogens is 4. The molecule has 0 aliphatic carbocycles. The van der Waals surface area contributed by atoms with Gasteiger partial charge in [0.15, 0.2) is 0 Å². The van der Waals surface area contributed by atoms with Gasteiger partial charge in [-0.3, -0.25) is 4.99 Å². The van der Waals surface area contributed by atoms with Gasteiger partial charge in [-0.2, -0.15) is 0 Å². The highest BCUT2D eigenvalue weighted by Gasteiger charge is 2.06. The van der Waals surface area contributed by atoms with E-state index in [1.807, 2.05) is 14.0 Å². The highest BCUT2D eigenvalue weighted by molar-refractivity contribution is 6.01. The van der Waals surface area contributed by atoms with Crippen molar-refractivity contribution in [3.05, 3.63) is 24.3 Å². The number of benzene rings is 1. The minimum atomic E-state index is 0.957. The van der Waals surface area contributed by atoms with E-state index in [4.69, 9.17) is 0 Å². The molecule has 3 rings (SSSR count). The van der Waals surface area contributed by atoms with Gasteiger partial charge in [-0.05, 0) is 18.6 Å². The lowest BCUT2D eigenvalue weighted by Gasteiger charge is -1.95. The van der Waals surface area contributed by atoms with E-state index in [-0.39, 0.29) is 0 Å². The second-order valence-corrected chi connectivity index (χ2v) is 3.79. The number of hydrogen-bond acceptors (Lipinski definition) is 3. The lowest BCUT2D eigenvalue weighted by Crippen LogP contribution is -1.99. The van der Waals surface area contributed by atoms with E-state index in [1.54, 1.807) is 26.0 Å². The number of hydrogen-bond donors (Lipinski definition) is 3. The molecule has 0 saturated heterocycles. The maximum absolute atomic E-state index is 4.24. The summed E-state index contributed by atoms with van der Waals surface area (Å²) in [5.74, 6) is 0. The zero-order valence-electron chi connectivity index (χ0n) is 10.7. The number of rotatable bonds is 1. The average molecular weight is 244 g/mol. The number of H-pyrrole nitrogens is 2. The summed E-state index contributed by atoms with van der Waals surface area (Å²) in [6.45, 7) is 2.05. The first-order valence-electron chi connectivity index (χ1n) is 5.61. The molecule has 0 bridgehead atoms. The molecule has 3 N–H and O–H groups in total. The molecule has 18 heavy (non-hydrogen) atoms. The van der Waals surface area contributed by atoms with Crippen molar-refractivity contribution in [1.29, 1.82) is 0 Å². The molecular weight excluding hydrogens is 228 g/mol. The number of aliphatic imine (C=N–C) groups is 1. The Hall–Kier alpha value is -2.37. The molecule has 2 heterocycles. The number of aryl methyl sites for hydroxylation is 1. The van der Waals surface area contributed by atoms with Crippen molar-refractivity contribution in [3.8, 4) is 0 Å². The van der Waals surface area contributed by atoms with Gasteiger partial charge in [-0.1, -0.05) is 0 Å². The Balaban J connectivity index is 0.000000209. The molecule has 0 amide bonds. The fourth-order valence-corrected chi connectivity index (χ4v) is 1.80. The molecule has 1 aromatic carbocycles. The van der Waals surface area contributed by atoms with Gasteiger partial charge >= 0.3 is 0 Å². The standard InChI is InChI=1S/C9H8N4.C3H8N2/c1-5-2-6-8(12-3-10-6)9-7(5)11-4-13-9;1-4-3-5-2/h2-4H,1H3,(H,10,12)(H,11,13);3H,1-2H3,(H,4,5). The first-order chi connectivity index (χ1) is 8.77. The highest BCUT2D eigenvalue weighted by atomic mass is 14.9. The van der Waals surface area contributed by atoms with E-state index in [1.165, 1.54) is 0 Å². The van der Waals surface area contributed by atoms with Crippen LogP contribution in [-0.4, -0.2) is 40.4 Å². The third-order valence-electron chi connectivity index (χ3n) is 2.54. The van der Waals surface area contributed by atoms with Crippen LogP contribution in [-0.2, 0) is 0 Å². The molecule has 6 nitrogen and oxygen atoms in total. The maximum Gasteiger partial charge on any atom is 0.114 e. The van der Waals surface area contributed by atoms with Crippen molar-refractivity contribution < 1.29 is 0 Å². The zero-order valence-corrected chi connectivity index (χ0v) is 10.7. The summed E-state index contributed by atoms with van der Waals surface area (Å²) in [4.78, 5) is 18.3. The molecule has 0 atom stereocenters. The van der Waals surface area contributed by atoms with Crippen LogP contribution in [0, 0.1) is 6.92 Å². The normalized spacial score (nSPS) is 10.8. The third-order valence-corrected chi connectivity index (χ3v) is 2.54. The Kier molecular flexibility index (Phi) is 3.57. The molecule has 0 aliphatic heterocycles. The Labute approximate surface area is 105 Å². The van der Waals surface area contributed by atoms with Crippen LogP contribution in [0.25, 0.3) is 22.1 Å². The number of nitrogens with zero attached hydrogens (tertiary/aromatic N) is 3. The summed E-state index contributed by atoms with van der Waals surface area (Å²) in [5.41, 5.74) is 5.18. The van der Waals surface area contributed by atoms with Crippen molar-refractivity contribution in [1.82, 2.24) is 25.3 Å². The van der Waals surface area contributed by atoms with Crippen LogP contribution in [0.4, 0.5) is 0 Å². The summed E-state index contributed by atoms with van der Waals surface area (Å²) >= 11 is 0. The van der Waals surface area contributed by atoms with Gasteiger partial charge in [0, 0.05) is 14.1 Å². The molecule has 0 unspecified atom stereocenters. The molecule has 94 valence electrons. The smallest absolute Gasteiger partial charge is 0.114 e. The third kappa shape index (κ3) is 2.17. The summed E-state index contributed by atoms with van der Waals surface area (Å²) in [5, 5.41) is 2.73. The highest BCUT2D eigenvalue weighted by Crippen LogP contribution is 2.22. The van der Waals surface area contributed by atoms with Crippen LogP contribution in [0.2, 0.25) is 0 Å². The Morgan fingerprint density at radius 2 is 1.94 bits per heavy atom. The van der Waals surface area contributed by atoms with Gasteiger partial charge in [-0.25, -0.2) is 9.97 Å². The van der Waals surface area contributed by atoms with E-state index >= 15 is 0 Å². The van der Waals surface area contributed by atoms with Gasteiger partial charge in [-0.15, -0.1) is 0 Å². The molecule has 0 fully saturated rings. The molecule has 0 saturated carbocycles. The summed E-state index contributed by atoms with van der Waals surface area (Å²) in [7, 11) is 3.53. The van der Waals surface area contributed by atoms with Gasteiger partial charge in [0.1, 0.15) is 5.52 Å². The first kappa shape index (κ1) is 12.1. The van der Waals surface area contributed by atoms with Crippen molar-refractivity contribution in [2.75, 3.05) is 14.1 Å². The van der Waals surface area contributed by atoms with Crippen LogP contribution in [0.1, 0.15) is 5.56 Å². The van der Waals surface area contributed by atoms with Gasteiger partial charge in [0.2, 0.25) is 0 Å². The number of imidazole rings is 2. The zero-order chi connectivity index (χ0) is 13.0. The van der Waals surface area contributed by atoms with Crippen molar-refractivity contribution >= 4 is 28.4 Å². The van der Waals surface area contributed by atoms with E-state index in [0.29, 0.717) is 0 Å². The predicted molar refractivity (Wildman–Crippen MR) is 74.0 cm³/mol. The lowest BCUT2D eigenvalue weighted by atomic mass is 10.2. The minimum Gasteiger partial charge on any atom is -0.380 e. The largest absolute Gasteiger partial charge is 0.380 e. The summed E-state index contributed by atoms with van der Waals surface area (Å²) in [6.07, 6.45) is 5.02. The van der Waals surface area contributed by atoms with Crippen molar-refractivity contribution in [3.63, 3.8) is 0 Å². The van der Waals surface area contributed by atoms with Gasteiger partial charge < -0.3 is 15.3 Å². The summed E-state index contributed by atoms with van der Waals surface area (Å²) < 4.78 is 0. The number of aromatic amines is 2. The van der Waals surface area contributed by atoms with Crippen LogP contribution < -0.4 is 5.32 Å². The van der Waals surface area contributed by atoms with E-state index in [9.17, 15) is 0 Å². The number of nitrogens with one attached hydrogen (secondary N) is 3. The molecule has 0 spiro atoms. The van der Waals surface area contributed by atoms with Crippen LogP contribution in [0.3, 0.4) is 0 Å². The van der Waals surface area contributed by atoms with Crippen molar-refractivity contribution in [2.45, 2.75) is 6.92 Å². The molecule has 0 aliphatic rings. The van der Waals surface area contributed by atoms with Crippen LogP contribution in [0.5, 0.6) is 0 Å². The maximum atomic E-state index is 4.24. The molecular formula is C12H16N6. The Morgan fingerprint density at radius 3 is 2.61 bits per heavy atom. The lowest BCUT2D eigenvalue weighted by molar-refractivity contribution is 1.19. The van der Waals surface area contributed by atoms with Crippen LogP contribution in [0.15, 0.2) is 23.7 Å². The summed E-state index contributed by atoms with van der Waals surface area (Å²) in [6, 6.07) is 2.06. The topological polar surface area (TPSA) is 81.8 Å². The Morgan fingerprint density at radius 1 is 1.22 bits per heavy atom. The molecule has 6 heteroatoms. The van der Waals surface area contributed by atoms with E-state index in [2.05, 4.69) is 36.3 Å². The van der Waals surface area contributed by atoms with Gasteiger partial charge in [0.05, 0.1) is 35.5 Å². The first-order valence-corrected chi connectivity index (χ1v) is 5.61. The average Bonchev–Trinajstić information content (AvgIpc) is 2.97. The number of fused-ring (bicyclic) bond motifs is 3. The van der Waals surface area contributed by atoms with E-state index < -0.39 is 0 Å².